The summed E-state index contributed by atoms with van der Waals surface area (Å²) in [6.45, 7) is 0. The lowest BCUT2D eigenvalue weighted by molar-refractivity contribution is -0.384. The molecular weight excluding hydrogens is 486 g/mol. The number of ether oxygens (including phenoxy) is 1. The first-order valence-electron chi connectivity index (χ1n) is 7.59. The Hall–Kier alpha value is -2.46. The van der Waals surface area contributed by atoms with Gasteiger partial charge in [-0.25, -0.2) is 0 Å². The number of nitrogens with one attached hydrogen (secondary N) is 1. The van der Waals surface area contributed by atoms with Gasteiger partial charge < -0.3 is 15.8 Å². The van der Waals surface area contributed by atoms with Crippen molar-refractivity contribution in [2.24, 2.45) is 5.73 Å². The van der Waals surface area contributed by atoms with Crippen LogP contribution in [0.1, 0.15) is 15.9 Å². The second-order valence-electron chi connectivity index (χ2n) is 5.54. The molecule has 0 heterocycles. The predicted octanol–water partition coefficient (Wildman–Crippen LogP) is 2.95. The summed E-state index contributed by atoms with van der Waals surface area (Å²) >= 11 is 6.58. The SMILES string of the molecule is COc1ccc([N+](=O)[O-])cc1C[C@H](NC(=O)c1cc(Br)cc(Br)c1)C(N)=O. The first-order valence-corrected chi connectivity index (χ1v) is 9.17. The minimum Gasteiger partial charge on any atom is -0.496 e. The average molecular weight is 501 g/mol. The largest absolute Gasteiger partial charge is 0.496 e. The molecule has 0 saturated heterocycles. The van der Waals surface area contributed by atoms with Crippen LogP contribution < -0.4 is 15.8 Å². The highest BCUT2D eigenvalue weighted by Crippen LogP contribution is 2.25. The van der Waals surface area contributed by atoms with Crippen LogP contribution in [0.25, 0.3) is 0 Å². The topological polar surface area (TPSA) is 125 Å². The molecule has 0 unspecified atom stereocenters. The van der Waals surface area contributed by atoms with Crippen molar-refractivity contribution in [3.63, 3.8) is 0 Å². The Balaban J connectivity index is 2.28. The number of hydrogen-bond acceptors (Lipinski definition) is 5. The molecule has 0 radical (unpaired) electrons. The Labute approximate surface area is 171 Å². The predicted molar refractivity (Wildman–Crippen MR) is 106 cm³/mol. The van der Waals surface area contributed by atoms with Crippen LogP contribution in [0.4, 0.5) is 5.69 Å². The first-order chi connectivity index (χ1) is 12.7. The van der Waals surface area contributed by atoms with E-state index in [1.165, 1.54) is 25.3 Å². The Morgan fingerprint density at radius 1 is 1.22 bits per heavy atom. The van der Waals surface area contributed by atoms with Gasteiger partial charge in [0.15, 0.2) is 0 Å². The summed E-state index contributed by atoms with van der Waals surface area (Å²) < 4.78 is 6.54. The summed E-state index contributed by atoms with van der Waals surface area (Å²) in [5.41, 5.74) is 5.95. The van der Waals surface area contributed by atoms with Crippen LogP contribution >= 0.6 is 31.9 Å². The number of halogens is 2. The van der Waals surface area contributed by atoms with Gasteiger partial charge in [-0.15, -0.1) is 0 Å². The van der Waals surface area contributed by atoms with Gasteiger partial charge in [0.2, 0.25) is 5.91 Å². The summed E-state index contributed by atoms with van der Waals surface area (Å²) in [6, 6.07) is 7.87. The number of methoxy groups -OCH3 is 1. The van der Waals surface area contributed by atoms with Crippen molar-refractivity contribution in [2.45, 2.75) is 12.5 Å². The van der Waals surface area contributed by atoms with Gasteiger partial charge in [0, 0.05) is 38.6 Å². The molecule has 2 aromatic rings. The molecule has 0 aliphatic carbocycles. The van der Waals surface area contributed by atoms with E-state index in [1.54, 1.807) is 18.2 Å². The fourth-order valence-electron chi connectivity index (χ4n) is 2.41. The molecule has 10 heteroatoms. The minimum absolute atomic E-state index is 0.0545. The van der Waals surface area contributed by atoms with Crippen LogP contribution in [0.15, 0.2) is 45.3 Å². The summed E-state index contributed by atoms with van der Waals surface area (Å²) in [6.07, 6.45) is -0.0545. The maximum Gasteiger partial charge on any atom is 0.269 e. The van der Waals surface area contributed by atoms with Gasteiger partial charge in [0.1, 0.15) is 11.8 Å². The molecular formula is C17H15Br2N3O5. The molecule has 8 nitrogen and oxygen atoms in total. The van der Waals surface area contributed by atoms with E-state index in [9.17, 15) is 19.7 Å². The summed E-state index contributed by atoms with van der Waals surface area (Å²) in [7, 11) is 1.40. The number of primary amides is 1. The number of nitro benzene ring substituents is 1. The molecule has 0 bridgehead atoms. The number of amides is 2. The van der Waals surface area contributed by atoms with Crippen LogP contribution in [0.5, 0.6) is 5.75 Å². The lowest BCUT2D eigenvalue weighted by atomic mass is 10.0. The van der Waals surface area contributed by atoms with Crippen molar-refractivity contribution in [1.82, 2.24) is 5.32 Å². The van der Waals surface area contributed by atoms with E-state index >= 15 is 0 Å². The number of nitrogens with two attached hydrogens (primary N) is 1. The molecule has 0 aliphatic heterocycles. The Kier molecular flexibility index (Phi) is 6.92. The first kappa shape index (κ1) is 20.8. The summed E-state index contributed by atoms with van der Waals surface area (Å²) in [4.78, 5) is 34.8. The number of carbonyl (C=O) groups is 2. The van der Waals surface area contributed by atoms with E-state index in [2.05, 4.69) is 37.2 Å². The molecule has 0 aromatic heterocycles. The third kappa shape index (κ3) is 5.51. The quantitative estimate of drug-likeness (QED) is 0.446. The van der Waals surface area contributed by atoms with Gasteiger partial charge in [-0.2, -0.15) is 0 Å². The van der Waals surface area contributed by atoms with Gasteiger partial charge in [-0.05, 0) is 24.3 Å². The fraction of sp³-hybridized carbons (Fsp3) is 0.176. The highest BCUT2D eigenvalue weighted by atomic mass is 79.9. The monoisotopic (exact) mass is 499 g/mol. The molecule has 0 aliphatic rings. The molecule has 2 rings (SSSR count). The lowest BCUT2D eigenvalue weighted by Gasteiger charge is -2.17. The number of nitro groups is 1. The lowest BCUT2D eigenvalue weighted by Crippen LogP contribution is -2.45. The molecule has 27 heavy (non-hydrogen) atoms. The van der Waals surface area contributed by atoms with E-state index in [0.29, 0.717) is 25.8 Å². The third-order valence-corrected chi connectivity index (χ3v) is 4.59. The fourth-order valence-corrected chi connectivity index (χ4v) is 3.70. The summed E-state index contributed by atoms with van der Waals surface area (Å²) in [5, 5.41) is 13.5. The van der Waals surface area contributed by atoms with Gasteiger partial charge in [0.05, 0.1) is 12.0 Å². The van der Waals surface area contributed by atoms with Crippen molar-refractivity contribution in [2.75, 3.05) is 7.11 Å². The number of nitrogens with zero attached hydrogens (tertiary/aromatic N) is 1. The average Bonchev–Trinajstić information content (AvgIpc) is 2.59. The van der Waals surface area contributed by atoms with Gasteiger partial charge >= 0.3 is 0 Å². The van der Waals surface area contributed by atoms with Crippen LogP contribution in [-0.4, -0.2) is 29.9 Å². The van der Waals surface area contributed by atoms with E-state index in [-0.39, 0.29) is 12.1 Å². The second kappa shape index (κ2) is 8.96. The zero-order chi connectivity index (χ0) is 20.1. The van der Waals surface area contributed by atoms with Crippen LogP contribution in [0.3, 0.4) is 0 Å². The van der Waals surface area contributed by atoms with Crippen molar-refractivity contribution in [3.8, 4) is 5.75 Å². The zero-order valence-corrected chi connectivity index (χ0v) is 17.2. The van der Waals surface area contributed by atoms with Gasteiger partial charge in [-0.3, -0.25) is 19.7 Å². The Morgan fingerprint density at radius 2 is 1.85 bits per heavy atom. The van der Waals surface area contributed by atoms with Crippen molar-refractivity contribution >= 4 is 49.4 Å². The standard InChI is InChI=1S/C17H15Br2N3O5/c1-27-15-3-2-13(22(25)26)6-9(15)7-14(16(20)23)21-17(24)10-4-11(18)8-12(19)5-10/h2-6,8,14H,7H2,1H3,(H2,20,23)(H,21,24)/t14-/m0/s1. The highest BCUT2D eigenvalue weighted by molar-refractivity contribution is 9.11. The van der Waals surface area contributed by atoms with E-state index < -0.39 is 22.8 Å². The molecule has 0 spiro atoms. The maximum absolute atomic E-state index is 12.5. The highest BCUT2D eigenvalue weighted by Gasteiger charge is 2.23. The minimum atomic E-state index is -1.08. The second-order valence-corrected chi connectivity index (χ2v) is 7.38. The van der Waals surface area contributed by atoms with E-state index in [4.69, 9.17) is 10.5 Å². The Bertz CT molecular complexity index is 884. The van der Waals surface area contributed by atoms with Crippen molar-refractivity contribution < 1.29 is 19.2 Å². The van der Waals surface area contributed by atoms with E-state index in [1.807, 2.05) is 0 Å². The van der Waals surface area contributed by atoms with Crippen LogP contribution in [-0.2, 0) is 11.2 Å². The molecule has 1 atom stereocenters. The molecule has 0 saturated carbocycles. The maximum atomic E-state index is 12.5. The third-order valence-electron chi connectivity index (χ3n) is 3.67. The van der Waals surface area contributed by atoms with Crippen molar-refractivity contribution in [1.29, 1.82) is 0 Å². The number of rotatable bonds is 7. The normalized spacial score (nSPS) is 11.5. The molecule has 2 amide bonds. The van der Waals surface area contributed by atoms with Crippen molar-refractivity contribution in [3.05, 3.63) is 66.6 Å². The molecule has 142 valence electrons. The Morgan fingerprint density at radius 3 is 2.37 bits per heavy atom. The number of hydrogen-bond donors (Lipinski definition) is 2. The van der Waals surface area contributed by atoms with E-state index in [0.717, 1.165) is 0 Å². The number of non-ortho nitro benzene ring substituents is 1. The molecule has 3 N–H and O–H groups in total. The van der Waals surface area contributed by atoms with Crippen LogP contribution in [0.2, 0.25) is 0 Å². The van der Waals surface area contributed by atoms with Gasteiger partial charge in [0.25, 0.3) is 11.6 Å². The number of benzene rings is 2. The van der Waals surface area contributed by atoms with Gasteiger partial charge in [-0.1, -0.05) is 31.9 Å². The number of carbonyl (C=O) groups excluding carboxylic acids is 2. The zero-order valence-electron chi connectivity index (χ0n) is 14.1. The summed E-state index contributed by atoms with van der Waals surface area (Å²) in [5.74, 6) is -0.928. The molecule has 0 fully saturated rings. The van der Waals surface area contributed by atoms with Crippen LogP contribution in [0, 0.1) is 10.1 Å². The smallest absolute Gasteiger partial charge is 0.269 e. The molecule has 2 aromatic carbocycles.